The average molecular weight is 981 g/mol. The Morgan fingerprint density at radius 3 is 2.33 bits per heavy atom. The van der Waals surface area contributed by atoms with Gasteiger partial charge in [0.1, 0.15) is 28.9 Å². The van der Waals surface area contributed by atoms with Crippen LogP contribution in [0.25, 0.3) is 10.8 Å². The number of amides is 2. The van der Waals surface area contributed by atoms with E-state index in [4.69, 9.17) is 28.9 Å². The summed E-state index contributed by atoms with van der Waals surface area (Å²) in [5, 5.41) is 41.4. The van der Waals surface area contributed by atoms with Crippen LogP contribution in [0.4, 0.5) is 15.3 Å². The van der Waals surface area contributed by atoms with Crippen molar-refractivity contribution < 1.29 is 48.5 Å². The number of carbonyl (C=O) groups is 2. The number of aliphatic hydroxyl groups excluding tert-OH is 2. The molecule has 0 saturated heterocycles. The summed E-state index contributed by atoms with van der Waals surface area (Å²) in [5.41, 5.74) is 3.02. The van der Waals surface area contributed by atoms with Gasteiger partial charge in [0, 0.05) is 49.8 Å². The van der Waals surface area contributed by atoms with Gasteiger partial charge < -0.3 is 39.3 Å². The van der Waals surface area contributed by atoms with Gasteiger partial charge >= 0.3 is 12.2 Å². The number of nitro groups is 1. The van der Waals surface area contributed by atoms with E-state index in [1.807, 2.05) is 99.6 Å². The highest BCUT2D eigenvalue weighted by Gasteiger charge is 2.66. The van der Waals surface area contributed by atoms with Crippen molar-refractivity contribution in [3.63, 3.8) is 0 Å². The van der Waals surface area contributed by atoms with Crippen LogP contribution in [-0.2, 0) is 22.7 Å². The SMILES string of the molecule is C=CCO[C@@]12Oc3ccc(OC(=O)NCc4ccccc4)cc3[C@H]3[C@H](CCCCO)[C@@H](CCCCO)C=C(C(=NOC(C)(C)C)C[C@@H]1N(Cc1cccc4ccccc14)C(=O)Oc1ccc([N+](=O)[O-])cc1)[C@H]32. The quantitative estimate of drug-likeness (QED) is 0.0291. The van der Waals surface area contributed by atoms with E-state index in [-0.39, 0.29) is 62.6 Å². The standard InChI is InChI=1S/C57H64N4O11/c1-5-32-68-57-51(60(37-41-21-15-20-39-18-9-10-22-45(39)41)55(65)70-43-26-24-42(25-27-43)61(66)67)35-49(59-72-56(2,3)4)47-33-40(19-11-13-30-62)46(23-12-14-31-63)52(53(47)57)48-34-44(28-29-50(48)71-57)69-54(64)58-36-38-16-7-6-8-17-38/h5-10,15-18,20-22,24-29,33-34,40,46,51-53,62-63H,1,11-14,19,23,30-32,35-37H2,2-4H3,(H,58,64)/t40-,46+,51-,52+,53+,57+/m0/s1. The van der Waals surface area contributed by atoms with Gasteiger partial charge in [0.25, 0.3) is 5.69 Å². The third kappa shape index (κ3) is 11.7. The van der Waals surface area contributed by atoms with E-state index in [2.05, 4.69) is 18.0 Å². The Morgan fingerprint density at radius 2 is 1.61 bits per heavy atom. The monoisotopic (exact) mass is 980 g/mol. The van der Waals surface area contributed by atoms with Crippen molar-refractivity contribution in [2.75, 3.05) is 19.8 Å². The summed E-state index contributed by atoms with van der Waals surface area (Å²) in [5.74, 6) is -2.06. The molecule has 0 spiro atoms. The number of allylic oxidation sites excluding steroid dienone is 1. The number of benzene rings is 5. The Kier molecular flexibility index (Phi) is 16.4. The lowest BCUT2D eigenvalue weighted by molar-refractivity contribution is -0.384. The molecule has 0 bridgehead atoms. The molecule has 15 heteroatoms. The lowest BCUT2D eigenvalue weighted by Crippen LogP contribution is -2.70. The minimum Gasteiger partial charge on any atom is -0.459 e. The van der Waals surface area contributed by atoms with Crippen LogP contribution in [0.3, 0.4) is 0 Å². The Hall–Kier alpha value is -7.07. The topological polar surface area (TPSA) is 192 Å². The van der Waals surface area contributed by atoms with Gasteiger partial charge in [0.2, 0.25) is 5.79 Å². The number of nitro benzene ring substituents is 1. The maximum absolute atomic E-state index is 15.4. The molecule has 72 heavy (non-hydrogen) atoms. The van der Waals surface area contributed by atoms with Crippen LogP contribution in [0.2, 0.25) is 0 Å². The number of hydrogen-bond acceptors (Lipinski definition) is 12. The van der Waals surface area contributed by atoms with Gasteiger partial charge in [0.05, 0.1) is 29.7 Å². The molecule has 1 saturated carbocycles. The third-order valence-corrected chi connectivity index (χ3v) is 13.6. The van der Waals surface area contributed by atoms with Crippen LogP contribution < -0.4 is 19.5 Å². The summed E-state index contributed by atoms with van der Waals surface area (Å²) in [6.07, 6.45) is 6.62. The lowest BCUT2D eigenvalue weighted by Gasteiger charge is -2.60. The maximum Gasteiger partial charge on any atom is 0.416 e. The van der Waals surface area contributed by atoms with Crippen LogP contribution in [0.5, 0.6) is 17.2 Å². The first kappa shape index (κ1) is 51.3. The number of ether oxygens (including phenoxy) is 4. The summed E-state index contributed by atoms with van der Waals surface area (Å²) in [7, 11) is 0. The molecule has 3 N–H and O–H groups in total. The fourth-order valence-electron chi connectivity index (χ4n) is 10.5. The third-order valence-electron chi connectivity index (χ3n) is 13.6. The summed E-state index contributed by atoms with van der Waals surface area (Å²) >= 11 is 0. The second-order valence-electron chi connectivity index (χ2n) is 19.6. The zero-order valence-corrected chi connectivity index (χ0v) is 41.1. The molecule has 0 unspecified atom stereocenters. The van der Waals surface area contributed by atoms with Crippen LogP contribution in [0, 0.1) is 27.9 Å². The van der Waals surface area contributed by atoms with Gasteiger partial charge in [0.15, 0.2) is 0 Å². The number of nitrogens with one attached hydrogen (secondary N) is 1. The molecular formula is C57H64N4O11. The van der Waals surface area contributed by atoms with Crippen molar-refractivity contribution in [1.82, 2.24) is 10.2 Å². The van der Waals surface area contributed by atoms with E-state index in [1.165, 1.54) is 24.3 Å². The van der Waals surface area contributed by atoms with Crippen LogP contribution in [0.1, 0.15) is 88.3 Å². The lowest BCUT2D eigenvalue weighted by atomic mass is 9.55. The van der Waals surface area contributed by atoms with Gasteiger partial charge in [-0.3, -0.25) is 15.0 Å². The first-order chi connectivity index (χ1) is 34.8. The molecule has 0 radical (unpaired) electrons. The van der Waals surface area contributed by atoms with Crippen molar-refractivity contribution >= 4 is 34.4 Å². The van der Waals surface area contributed by atoms with Crippen molar-refractivity contribution in [2.45, 2.75) is 102 Å². The summed E-state index contributed by atoms with van der Waals surface area (Å²) < 4.78 is 26.8. The molecule has 1 aliphatic heterocycles. The molecular weight excluding hydrogens is 917 g/mol. The van der Waals surface area contributed by atoms with E-state index < -0.39 is 46.4 Å². The fourth-order valence-corrected chi connectivity index (χ4v) is 10.5. The highest BCUT2D eigenvalue weighted by Crippen LogP contribution is 2.62. The molecule has 5 aromatic rings. The van der Waals surface area contributed by atoms with Gasteiger partial charge in [-0.05, 0) is 116 Å². The second-order valence-corrected chi connectivity index (χ2v) is 19.6. The van der Waals surface area contributed by atoms with Gasteiger partial charge in [-0.15, -0.1) is 6.58 Å². The molecule has 1 fully saturated rings. The number of aliphatic hydroxyl groups is 2. The summed E-state index contributed by atoms with van der Waals surface area (Å²) in [6, 6.07) is 33.0. The molecule has 2 amide bonds. The van der Waals surface area contributed by atoms with Gasteiger partial charge in [-0.2, -0.15) is 0 Å². The number of oxime groups is 1. The molecule has 3 aliphatic rings. The molecule has 2 aliphatic carbocycles. The van der Waals surface area contributed by atoms with Crippen molar-refractivity contribution in [3.8, 4) is 17.2 Å². The first-order valence-corrected chi connectivity index (χ1v) is 24.8. The van der Waals surface area contributed by atoms with Crippen molar-refractivity contribution in [1.29, 1.82) is 0 Å². The van der Waals surface area contributed by atoms with E-state index in [9.17, 15) is 25.1 Å². The number of fused-ring (bicyclic) bond motifs is 3. The minimum atomic E-state index is -1.65. The number of rotatable bonds is 20. The molecule has 8 rings (SSSR count). The fraction of sp³-hybridized carbons (Fsp3) is 0.386. The summed E-state index contributed by atoms with van der Waals surface area (Å²) in [6.45, 7) is 10.1. The smallest absolute Gasteiger partial charge is 0.416 e. The highest BCUT2D eigenvalue weighted by molar-refractivity contribution is 6.03. The Bertz CT molecular complexity index is 2770. The van der Waals surface area contributed by atoms with Gasteiger partial charge in [-0.25, -0.2) is 9.59 Å². The van der Waals surface area contributed by atoms with E-state index in [0.717, 1.165) is 45.9 Å². The number of unbranched alkanes of at least 4 members (excludes halogenated alkanes) is 2. The second kappa shape index (κ2) is 23.0. The van der Waals surface area contributed by atoms with Gasteiger partial charge in [-0.1, -0.05) is 103 Å². The van der Waals surface area contributed by atoms with E-state index in [1.54, 1.807) is 23.1 Å². The molecule has 1 heterocycles. The first-order valence-electron chi connectivity index (χ1n) is 24.8. The average Bonchev–Trinajstić information content (AvgIpc) is 3.37. The zero-order valence-electron chi connectivity index (χ0n) is 41.1. The molecule has 0 aromatic heterocycles. The molecule has 378 valence electrons. The Balaban J connectivity index is 1.33. The molecule has 6 atom stereocenters. The predicted octanol–water partition coefficient (Wildman–Crippen LogP) is 11.2. The minimum absolute atomic E-state index is 0.0161. The number of nitrogens with zero attached hydrogens (tertiary/aromatic N) is 3. The highest BCUT2D eigenvalue weighted by atomic mass is 16.7. The number of carbonyl (C=O) groups excluding carboxylic acids is 2. The van der Waals surface area contributed by atoms with Crippen LogP contribution in [-0.4, -0.2) is 75.2 Å². The van der Waals surface area contributed by atoms with E-state index in [0.29, 0.717) is 42.9 Å². The van der Waals surface area contributed by atoms with Crippen LogP contribution >= 0.6 is 0 Å². The van der Waals surface area contributed by atoms with Crippen molar-refractivity contribution in [3.05, 3.63) is 166 Å². The largest absolute Gasteiger partial charge is 0.459 e. The summed E-state index contributed by atoms with van der Waals surface area (Å²) in [4.78, 5) is 47.8. The Morgan fingerprint density at radius 1 is 0.903 bits per heavy atom. The predicted molar refractivity (Wildman–Crippen MR) is 274 cm³/mol. The molecule has 15 nitrogen and oxygen atoms in total. The Labute approximate surface area is 420 Å². The van der Waals surface area contributed by atoms with Crippen LogP contribution in [0.15, 0.2) is 145 Å². The zero-order chi connectivity index (χ0) is 50.8. The normalized spacial score (nSPS) is 21.6. The number of non-ortho nitro benzene ring substituents is 1. The molecule has 5 aromatic carbocycles. The maximum atomic E-state index is 15.4. The van der Waals surface area contributed by atoms with E-state index >= 15 is 4.79 Å². The number of hydrogen-bond donors (Lipinski definition) is 3. The van der Waals surface area contributed by atoms with Crippen molar-refractivity contribution in [2.24, 2.45) is 22.9 Å².